The normalized spacial score (nSPS) is 14.4. The van der Waals surface area contributed by atoms with Crippen LogP contribution in [0.25, 0.3) is 6.08 Å². The Bertz CT molecular complexity index is 1870. The molecule has 1 N–H and O–H groups in total. The lowest BCUT2D eigenvalue weighted by Gasteiger charge is -2.25. The van der Waals surface area contributed by atoms with Gasteiger partial charge in [-0.1, -0.05) is 53.8 Å². The number of nitrogens with one attached hydrogen (secondary N) is 1. The number of nitriles is 1. The van der Waals surface area contributed by atoms with Crippen molar-refractivity contribution in [2.24, 2.45) is 4.99 Å². The summed E-state index contributed by atoms with van der Waals surface area (Å²) in [7, 11) is 1.51. The van der Waals surface area contributed by atoms with E-state index in [1.165, 1.54) is 18.4 Å². The first kappa shape index (κ1) is 28.4. The van der Waals surface area contributed by atoms with Gasteiger partial charge in [-0.2, -0.15) is 5.26 Å². The van der Waals surface area contributed by atoms with Crippen LogP contribution in [0.2, 0.25) is 0 Å². The summed E-state index contributed by atoms with van der Waals surface area (Å²) in [5, 5.41) is 12.0. The first-order valence-electron chi connectivity index (χ1n) is 13.2. The molecule has 10 heteroatoms. The average Bonchev–Trinajstić information content (AvgIpc) is 3.30. The predicted octanol–water partition coefficient (Wildman–Crippen LogP) is 4.18. The van der Waals surface area contributed by atoms with Crippen LogP contribution < -0.4 is 34.4 Å². The van der Waals surface area contributed by atoms with E-state index < -0.39 is 6.04 Å². The van der Waals surface area contributed by atoms with Crippen molar-refractivity contribution in [2.45, 2.75) is 19.9 Å². The SMILES string of the molecule is CCOc1ccc([C@@H]2C(C(=O)Nc3ccccc3)=C(C)N=c3s/c(=C\c4cccc(OC)c4OCC#N)c(=O)n32)cc1. The van der Waals surface area contributed by atoms with Crippen LogP contribution in [0.15, 0.2) is 93.9 Å². The molecule has 3 aromatic carbocycles. The molecule has 0 saturated heterocycles. The molecule has 1 atom stereocenters. The highest BCUT2D eigenvalue weighted by molar-refractivity contribution is 7.07. The Morgan fingerprint density at radius 2 is 1.86 bits per heavy atom. The van der Waals surface area contributed by atoms with Crippen molar-refractivity contribution in [3.63, 3.8) is 0 Å². The lowest BCUT2D eigenvalue weighted by atomic mass is 9.95. The molecule has 0 aliphatic carbocycles. The second-order valence-electron chi connectivity index (χ2n) is 9.23. The number of benzene rings is 3. The number of methoxy groups -OCH3 is 1. The fourth-order valence-electron chi connectivity index (χ4n) is 4.77. The summed E-state index contributed by atoms with van der Waals surface area (Å²) in [5.41, 5.74) is 2.50. The molecule has 0 saturated carbocycles. The van der Waals surface area contributed by atoms with E-state index in [0.29, 0.717) is 55.7 Å². The highest BCUT2D eigenvalue weighted by Crippen LogP contribution is 2.33. The summed E-state index contributed by atoms with van der Waals surface area (Å²) in [6, 6.07) is 23.0. The predicted molar refractivity (Wildman–Crippen MR) is 161 cm³/mol. The van der Waals surface area contributed by atoms with Crippen molar-refractivity contribution in [3.8, 4) is 23.3 Å². The van der Waals surface area contributed by atoms with Gasteiger partial charge in [-0.15, -0.1) is 0 Å². The van der Waals surface area contributed by atoms with Crippen LogP contribution >= 0.6 is 11.3 Å². The van der Waals surface area contributed by atoms with Crippen LogP contribution in [0.3, 0.4) is 0 Å². The number of nitrogens with zero attached hydrogens (tertiary/aromatic N) is 3. The lowest BCUT2D eigenvalue weighted by Crippen LogP contribution is -2.40. The van der Waals surface area contributed by atoms with E-state index in [1.807, 2.05) is 55.5 Å². The van der Waals surface area contributed by atoms with Gasteiger partial charge < -0.3 is 19.5 Å². The van der Waals surface area contributed by atoms with Crippen LogP contribution in [-0.4, -0.2) is 30.8 Å². The highest BCUT2D eigenvalue weighted by atomic mass is 32.1. The first-order valence-corrected chi connectivity index (χ1v) is 14.0. The van der Waals surface area contributed by atoms with Gasteiger partial charge in [0.15, 0.2) is 22.9 Å². The zero-order chi connectivity index (χ0) is 29.6. The number of ether oxygens (including phenoxy) is 3. The number of carbonyl (C=O) groups is 1. The molecule has 0 spiro atoms. The maximum Gasteiger partial charge on any atom is 0.271 e. The van der Waals surface area contributed by atoms with Gasteiger partial charge in [-0.25, -0.2) is 4.99 Å². The molecule has 1 aliphatic rings. The summed E-state index contributed by atoms with van der Waals surface area (Å²) in [6.07, 6.45) is 1.69. The maximum atomic E-state index is 14.1. The molecular weight excluding hydrogens is 552 g/mol. The minimum absolute atomic E-state index is 0.181. The van der Waals surface area contributed by atoms with Crippen molar-refractivity contribution >= 4 is 29.0 Å². The summed E-state index contributed by atoms with van der Waals surface area (Å²) < 4.78 is 18.6. The van der Waals surface area contributed by atoms with Crippen molar-refractivity contribution in [3.05, 3.63) is 115 Å². The number of fused-ring (bicyclic) bond motifs is 1. The third kappa shape index (κ3) is 5.68. The van der Waals surface area contributed by atoms with Gasteiger partial charge >= 0.3 is 0 Å². The molecular formula is C32H28N4O5S. The van der Waals surface area contributed by atoms with E-state index >= 15 is 0 Å². The van der Waals surface area contributed by atoms with E-state index in [-0.39, 0.29) is 18.1 Å². The number of rotatable bonds is 9. The zero-order valence-electron chi connectivity index (χ0n) is 23.3. The Morgan fingerprint density at radius 1 is 1.10 bits per heavy atom. The van der Waals surface area contributed by atoms with Crippen LogP contribution in [0, 0.1) is 11.3 Å². The van der Waals surface area contributed by atoms with E-state index in [1.54, 1.807) is 47.9 Å². The molecule has 0 bridgehead atoms. The number of para-hydroxylation sites is 2. The van der Waals surface area contributed by atoms with Crippen molar-refractivity contribution < 1.29 is 19.0 Å². The summed E-state index contributed by atoms with van der Waals surface area (Å²) in [5.74, 6) is 1.13. The second kappa shape index (κ2) is 12.6. The highest BCUT2D eigenvalue weighted by Gasteiger charge is 2.32. The topological polar surface area (TPSA) is 115 Å². The van der Waals surface area contributed by atoms with Crippen molar-refractivity contribution in [2.75, 3.05) is 25.6 Å². The molecule has 2 heterocycles. The Labute approximate surface area is 246 Å². The monoisotopic (exact) mass is 580 g/mol. The van der Waals surface area contributed by atoms with Crippen LogP contribution in [-0.2, 0) is 4.79 Å². The number of allylic oxidation sites excluding steroid dienone is 1. The Balaban J connectivity index is 1.67. The number of amides is 1. The van der Waals surface area contributed by atoms with Crippen LogP contribution in [0.1, 0.15) is 31.0 Å². The molecule has 1 aliphatic heterocycles. The molecule has 42 heavy (non-hydrogen) atoms. The van der Waals surface area contributed by atoms with Gasteiger partial charge in [0.25, 0.3) is 11.5 Å². The zero-order valence-corrected chi connectivity index (χ0v) is 24.1. The van der Waals surface area contributed by atoms with Gasteiger partial charge in [0, 0.05) is 11.3 Å². The maximum absolute atomic E-state index is 14.1. The van der Waals surface area contributed by atoms with E-state index in [2.05, 4.69) is 5.32 Å². The standard InChI is InChI=1S/C32H28N4O5S/c1-4-40-24-15-13-21(14-16-24)28-27(30(37)35-23-10-6-5-7-11-23)20(2)34-32-36(28)31(38)26(42-32)19-22-9-8-12-25(39-3)29(22)41-18-17-33/h5-16,19,28H,4,18H2,1-3H3,(H,35,37)/b26-19-/t28-/m1/s1. The molecule has 5 rings (SSSR count). The van der Waals surface area contributed by atoms with Gasteiger partial charge in [0.1, 0.15) is 11.8 Å². The second-order valence-corrected chi connectivity index (χ2v) is 10.2. The molecule has 9 nitrogen and oxygen atoms in total. The largest absolute Gasteiger partial charge is 0.494 e. The number of aromatic nitrogens is 1. The average molecular weight is 581 g/mol. The van der Waals surface area contributed by atoms with Gasteiger partial charge in [0.2, 0.25) is 0 Å². The molecule has 1 aromatic heterocycles. The number of hydrogen-bond acceptors (Lipinski definition) is 8. The fourth-order valence-corrected chi connectivity index (χ4v) is 5.80. The molecule has 0 fully saturated rings. The first-order chi connectivity index (χ1) is 20.4. The Morgan fingerprint density at radius 3 is 2.55 bits per heavy atom. The fraction of sp³-hybridized carbons (Fsp3) is 0.188. The summed E-state index contributed by atoms with van der Waals surface area (Å²) >= 11 is 1.21. The Hall–Kier alpha value is -5.14. The summed E-state index contributed by atoms with van der Waals surface area (Å²) in [6.45, 7) is 4.01. The van der Waals surface area contributed by atoms with Gasteiger partial charge in [0.05, 0.1) is 35.6 Å². The molecule has 212 valence electrons. The van der Waals surface area contributed by atoms with Gasteiger partial charge in [-0.3, -0.25) is 14.2 Å². The third-order valence-electron chi connectivity index (χ3n) is 6.60. The minimum atomic E-state index is -0.734. The van der Waals surface area contributed by atoms with Crippen molar-refractivity contribution in [1.29, 1.82) is 5.26 Å². The molecule has 4 aromatic rings. The van der Waals surface area contributed by atoms with E-state index in [4.69, 9.17) is 24.5 Å². The smallest absolute Gasteiger partial charge is 0.271 e. The number of carbonyl (C=O) groups excluding carboxylic acids is 1. The number of anilines is 1. The Kier molecular flexibility index (Phi) is 8.50. The molecule has 1 amide bonds. The lowest BCUT2D eigenvalue weighted by molar-refractivity contribution is -0.113. The van der Waals surface area contributed by atoms with Gasteiger partial charge in [-0.05, 0) is 55.8 Å². The van der Waals surface area contributed by atoms with Crippen LogP contribution in [0.5, 0.6) is 17.2 Å². The quantitative estimate of drug-likeness (QED) is 0.318. The van der Waals surface area contributed by atoms with E-state index in [0.717, 1.165) is 5.56 Å². The summed E-state index contributed by atoms with van der Waals surface area (Å²) in [4.78, 5) is 33.0. The third-order valence-corrected chi connectivity index (χ3v) is 7.58. The number of thiazole rings is 1. The van der Waals surface area contributed by atoms with Crippen LogP contribution in [0.4, 0.5) is 5.69 Å². The molecule has 0 radical (unpaired) electrons. The number of hydrogen-bond donors (Lipinski definition) is 1. The van der Waals surface area contributed by atoms with E-state index in [9.17, 15) is 9.59 Å². The minimum Gasteiger partial charge on any atom is -0.494 e. The molecule has 0 unspecified atom stereocenters. The van der Waals surface area contributed by atoms with Crippen molar-refractivity contribution in [1.82, 2.24) is 4.57 Å².